The van der Waals surface area contributed by atoms with Crippen LogP contribution in [0.3, 0.4) is 0 Å². The lowest BCUT2D eigenvalue weighted by atomic mass is 9.69. The summed E-state index contributed by atoms with van der Waals surface area (Å²) >= 11 is 0. The highest BCUT2D eigenvalue weighted by molar-refractivity contribution is 7.87. The Morgan fingerprint density at radius 1 is 1.28 bits per heavy atom. The van der Waals surface area contributed by atoms with Crippen LogP contribution in [-0.4, -0.2) is 53.1 Å². The van der Waals surface area contributed by atoms with Crippen molar-refractivity contribution >= 4 is 22.1 Å². The fourth-order valence-electron chi connectivity index (χ4n) is 4.14. The molecule has 3 rings (SSSR count). The minimum absolute atomic E-state index is 0.0924. The third kappa shape index (κ3) is 3.02. The van der Waals surface area contributed by atoms with Crippen LogP contribution in [0, 0.1) is 11.8 Å². The summed E-state index contributed by atoms with van der Waals surface area (Å²) < 4.78 is 66.2. The summed E-state index contributed by atoms with van der Waals surface area (Å²) in [6, 6.07) is 0. The van der Waals surface area contributed by atoms with Crippen LogP contribution >= 0.6 is 0 Å². The number of halogens is 2. The van der Waals surface area contributed by atoms with Gasteiger partial charge in [0.05, 0.1) is 11.5 Å². The molecular formula is C14H18F2O8S. The van der Waals surface area contributed by atoms with E-state index in [0.717, 1.165) is 12.8 Å². The van der Waals surface area contributed by atoms with Crippen LogP contribution in [-0.2, 0) is 29.2 Å². The molecule has 25 heavy (non-hydrogen) atoms. The molecular weight excluding hydrogens is 366 g/mol. The average molecular weight is 384 g/mol. The number of alkyl halides is 2. The fourth-order valence-corrected chi connectivity index (χ4v) is 4.40. The van der Waals surface area contributed by atoms with Crippen LogP contribution in [0.5, 0.6) is 0 Å². The standard InChI is InChI=1S/C14H18F2O8S/c15-14(16,25(20,21)22)12(18)24-10-6-8(13(19)3-1-2-4-13)7-5-9(10)23-11(7)17/h7-10,19H,1-6H2,(H,20,21,22). The Hall–Kier alpha value is -1.33. The highest BCUT2D eigenvalue weighted by Crippen LogP contribution is 2.50. The van der Waals surface area contributed by atoms with Gasteiger partial charge in [0.15, 0.2) is 0 Å². The van der Waals surface area contributed by atoms with E-state index in [1.807, 2.05) is 0 Å². The van der Waals surface area contributed by atoms with Gasteiger partial charge in [-0.25, -0.2) is 4.79 Å². The molecule has 1 aliphatic heterocycles. The maximum atomic E-state index is 13.4. The molecule has 2 aliphatic carbocycles. The summed E-state index contributed by atoms with van der Waals surface area (Å²) in [7, 11) is -5.98. The highest BCUT2D eigenvalue weighted by atomic mass is 32.2. The first-order valence-corrected chi connectivity index (χ1v) is 9.38. The molecule has 0 aromatic carbocycles. The van der Waals surface area contributed by atoms with E-state index in [9.17, 15) is 31.9 Å². The maximum absolute atomic E-state index is 13.4. The van der Waals surface area contributed by atoms with Crippen LogP contribution in [0.15, 0.2) is 0 Å². The third-order valence-electron chi connectivity index (χ3n) is 5.42. The van der Waals surface area contributed by atoms with Crippen molar-refractivity contribution in [2.45, 2.75) is 61.6 Å². The van der Waals surface area contributed by atoms with Crippen molar-refractivity contribution in [2.75, 3.05) is 0 Å². The smallest absolute Gasteiger partial charge is 0.458 e. The van der Waals surface area contributed by atoms with Gasteiger partial charge in [0, 0.05) is 12.3 Å². The van der Waals surface area contributed by atoms with E-state index in [0.29, 0.717) is 12.8 Å². The van der Waals surface area contributed by atoms with E-state index in [1.54, 1.807) is 0 Å². The van der Waals surface area contributed by atoms with E-state index < -0.39 is 57.0 Å². The Bertz CT molecular complexity index is 685. The van der Waals surface area contributed by atoms with E-state index in [-0.39, 0.29) is 12.8 Å². The summed E-state index contributed by atoms with van der Waals surface area (Å²) in [5.74, 6) is -4.25. The van der Waals surface area contributed by atoms with Crippen LogP contribution in [0.1, 0.15) is 38.5 Å². The van der Waals surface area contributed by atoms with Gasteiger partial charge >= 0.3 is 27.3 Å². The van der Waals surface area contributed by atoms with Crippen LogP contribution in [0.2, 0.25) is 0 Å². The van der Waals surface area contributed by atoms with Gasteiger partial charge in [-0.1, -0.05) is 12.8 Å². The van der Waals surface area contributed by atoms with Crippen LogP contribution < -0.4 is 0 Å². The molecule has 1 heterocycles. The van der Waals surface area contributed by atoms with E-state index >= 15 is 0 Å². The Morgan fingerprint density at radius 3 is 2.44 bits per heavy atom. The number of carbonyl (C=O) groups excluding carboxylic acids is 2. The molecule has 8 nitrogen and oxygen atoms in total. The summed E-state index contributed by atoms with van der Waals surface area (Å²) in [4.78, 5) is 23.5. The number of ether oxygens (including phenoxy) is 2. The van der Waals surface area contributed by atoms with Gasteiger partial charge in [0.2, 0.25) is 0 Å². The Morgan fingerprint density at radius 2 is 1.88 bits per heavy atom. The molecule has 3 aliphatic rings. The Labute approximate surface area is 142 Å². The summed E-state index contributed by atoms with van der Waals surface area (Å²) in [6.45, 7) is 0. The summed E-state index contributed by atoms with van der Waals surface area (Å²) in [6.07, 6.45) is 0.110. The predicted octanol–water partition coefficient (Wildman–Crippen LogP) is 0.635. The van der Waals surface area contributed by atoms with Gasteiger partial charge < -0.3 is 14.6 Å². The molecule has 0 aromatic rings. The first-order chi connectivity index (χ1) is 11.5. The van der Waals surface area contributed by atoms with Crippen molar-refractivity contribution in [3.63, 3.8) is 0 Å². The normalized spacial score (nSPS) is 34.6. The Kier molecular flexibility index (Phi) is 4.32. The van der Waals surface area contributed by atoms with Crippen molar-refractivity contribution in [1.29, 1.82) is 0 Å². The topological polar surface area (TPSA) is 127 Å². The fraction of sp³-hybridized carbons (Fsp3) is 0.857. The van der Waals surface area contributed by atoms with Crippen molar-refractivity contribution in [3.8, 4) is 0 Å². The monoisotopic (exact) mass is 384 g/mol. The molecule has 4 unspecified atom stereocenters. The molecule has 0 amide bonds. The second-order valence-corrected chi connectivity index (χ2v) is 8.37. The maximum Gasteiger partial charge on any atom is 0.465 e. The van der Waals surface area contributed by atoms with Gasteiger partial charge in [-0.05, 0) is 19.3 Å². The van der Waals surface area contributed by atoms with Crippen molar-refractivity contribution in [2.24, 2.45) is 11.8 Å². The highest BCUT2D eigenvalue weighted by Gasteiger charge is 2.60. The molecule has 0 aromatic heterocycles. The number of esters is 2. The quantitative estimate of drug-likeness (QED) is 0.534. The van der Waals surface area contributed by atoms with Crippen molar-refractivity contribution in [1.82, 2.24) is 0 Å². The SMILES string of the molecule is O=C1OC2CC1C(C1(O)CCCC1)CC2OC(=O)C(F)(F)S(=O)(=O)O. The molecule has 0 radical (unpaired) electrons. The number of hydrogen-bond donors (Lipinski definition) is 2. The van der Waals surface area contributed by atoms with Gasteiger partial charge in [-0.2, -0.15) is 17.2 Å². The predicted molar refractivity (Wildman–Crippen MR) is 75.9 cm³/mol. The third-order valence-corrected chi connectivity index (χ3v) is 6.24. The Balaban J connectivity index is 1.80. The first kappa shape index (κ1) is 18.5. The van der Waals surface area contributed by atoms with Gasteiger partial charge in [0.1, 0.15) is 12.2 Å². The molecule has 1 saturated heterocycles. The lowest BCUT2D eigenvalue weighted by molar-refractivity contribution is -0.178. The molecule has 142 valence electrons. The zero-order chi connectivity index (χ0) is 18.6. The van der Waals surface area contributed by atoms with Gasteiger partial charge in [0.25, 0.3) is 0 Å². The lowest BCUT2D eigenvalue weighted by Crippen LogP contribution is -2.49. The van der Waals surface area contributed by atoms with E-state index in [1.165, 1.54) is 0 Å². The first-order valence-electron chi connectivity index (χ1n) is 7.94. The molecule has 3 fully saturated rings. The van der Waals surface area contributed by atoms with Crippen LogP contribution in [0.25, 0.3) is 0 Å². The molecule has 2 bridgehead atoms. The second kappa shape index (κ2) is 5.85. The zero-order valence-corrected chi connectivity index (χ0v) is 13.9. The van der Waals surface area contributed by atoms with Crippen molar-refractivity contribution < 1.29 is 45.9 Å². The number of hydrogen-bond acceptors (Lipinski definition) is 7. The van der Waals surface area contributed by atoms with Crippen molar-refractivity contribution in [3.05, 3.63) is 0 Å². The number of carbonyl (C=O) groups is 2. The largest absolute Gasteiger partial charge is 0.465 e. The summed E-state index contributed by atoms with van der Waals surface area (Å²) in [5, 5.41) is 5.64. The minimum Gasteiger partial charge on any atom is -0.458 e. The van der Waals surface area contributed by atoms with E-state index in [2.05, 4.69) is 4.74 Å². The lowest BCUT2D eigenvalue weighted by Gasteiger charge is -2.40. The second-order valence-electron chi connectivity index (χ2n) is 6.91. The van der Waals surface area contributed by atoms with Crippen LogP contribution in [0.4, 0.5) is 8.78 Å². The molecule has 11 heteroatoms. The number of fused-ring (bicyclic) bond motifs is 2. The minimum atomic E-state index is -5.98. The average Bonchev–Trinajstić information content (AvgIpc) is 3.07. The molecule has 4 atom stereocenters. The summed E-state index contributed by atoms with van der Waals surface area (Å²) in [5.41, 5.74) is -1.17. The van der Waals surface area contributed by atoms with Gasteiger partial charge in [-0.15, -0.1) is 0 Å². The molecule has 2 saturated carbocycles. The number of aliphatic hydroxyl groups is 1. The molecule has 0 spiro atoms. The van der Waals surface area contributed by atoms with Gasteiger partial charge in [-0.3, -0.25) is 9.35 Å². The zero-order valence-electron chi connectivity index (χ0n) is 13.1. The number of rotatable bonds is 4. The van der Waals surface area contributed by atoms with E-state index in [4.69, 9.17) is 9.29 Å². The molecule has 2 N–H and O–H groups in total.